The molecule has 0 bridgehead atoms. The van der Waals surface area contributed by atoms with Crippen LogP contribution in [0.4, 0.5) is 13.2 Å². The molecule has 0 amide bonds. The predicted octanol–water partition coefficient (Wildman–Crippen LogP) is 2.61. The topological polar surface area (TPSA) is 32.3 Å². The van der Waals surface area contributed by atoms with Crippen LogP contribution in [-0.4, -0.2) is 17.8 Å². The number of hydrogen-bond acceptors (Lipinski definition) is 2. The van der Waals surface area contributed by atoms with Gasteiger partial charge in [-0.3, -0.25) is 0 Å². The van der Waals surface area contributed by atoms with Crippen LogP contribution in [-0.2, 0) is 13.2 Å². The van der Waals surface area contributed by atoms with Crippen molar-refractivity contribution in [2.45, 2.75) is 32.2 Å². The number of aliphatic hydroxyl groups is 1. The Bertz CT molecular complexity index is 322. The van der Waals surface area contributed by atoms with Gasteiger partial charge in [0.05, 0.1) is 6.61 Å². The Morgan fingerprint density at radius 3 is 2.18 bits per heavy atom. The first kappa shape index (κ1) is 14.0. The summed E-state index contributed by atoms with van der Waals surface area (Å²) in [5.41, 5.74) is 1.82. The Balaban J connectivity index is 2.18. The molecular weight excluding hydrogens is 231 g/mol. The third-order valence-electron chi connectivity index (χ3n) is 2.35. The number of rotatable bonds is 6. The van der Waals surface area contributed by atoms with Crippen LogP contribution in [0.1, 0.15) is 24.0 Å². The minimum atomic E-state index is -4.07. The van der Waals surface area contributed by atoms with Gasteiger partial charge in [-0.2, -0.15) is 13.2 Å². The summed E-state index contributed by atoms with van der Waals surface area (Å²) >= 11 is 0. The first-order valence-corrected chi connectivity index (χ1v) is 5.47. The standard InChI is InChI=1S/C12H16F3NO/c13-12(14,15)6-1-7-16-8-10-2-4-11(9-17)5-3-10/h2-5,16-17H,1,6-9H2. The average molecular weight is 247 g/mol. The average Bonchev–Trinajstić information content (AvgIpc) is 2.28. The van der Waals surface area contributed by atoms with E-state index in [4.69, 9.17) is 5.11 Å². The summed E-state index contributed by atoms with van der Waals surface area (Å²) in [5, 5.41) is 11.8. The molecule has 96 valence electrons. The highest BCUT2D eigenvalue weighted by Gasteiger charge is 2.25. The quantitative estimate of drug-likeness (QED) is 0.757. The molecule has 1 aromatic rings. The van der Waals surface area contributed by atoms with Gasteiger partial charge in [-0.25, -0.2) is 0 Å². The van der Waals surface area contributed by atoms with E-state index in [1.165, 1.54) is 0 Å². The van der Waals surface area contributed by atoms with Crippen LogP contribution in [0.15, 0.2) is 24.3 Å². The van der Waals surface area contributed by atoms with Crippen LogP contribution < -0.4 is 5.32 Å². The van der Waals surface area contributed by atoms with Crippen molar-refractivity contribution in [1.29, 1.82) is 0 Å². The lowest BCUT2D eigenvalue weighted by atomic mass is 10.1. The van der Waals surface area contributed by atoms with Crippen molar-refractivity contribution in [2.75, 3.05) is 6.54 Å². The number of hydrogen-bond donors (Lipinski definition) is 2. The summed E-state index contributed by atoms with van der Waals surface area (Å²) in [6.45, 7) is 0.893. The van der Waals surface area contributed by atoms with E-state index in [2.05, 4.69) is 5.32 Å². The first-order chi connectivity index (χ1) is 8.01. The molecule has 0 aliphatic rings. The van der Waals surface area contributed by atoms with Gasteiger partial charge < -0.3 is 10.4 Å². The number of alkyl halides is 3. The second kappa shape index (κ2) is 6.61. The molecule has 0 unspecified atom stereocenters. The molecule has 2 nitrogen and oxygen atoms in total. The first-order valence-electron chi connectivity index (χ1n) is 5.47. The lowest BCUT2D eigenvalue weighted by Gasteiger charge is -2.07. The molecule has 0 spiro atoms. The molecule has 2 N–H and O–H groups in total. The lowest BCUT2D eigenvalue weighted by Crippen LogP contribution is -2.17. The van der Waals surface area contributed by atoms with Gasteiger partial charge in [-0.15, -0.1) is 0 Å². The number of nitrogens with one attached hydrogen (secondary N) is 1. The van der Waals surface area contributed by atoms with Crippen molar-refractivity contribution in [3.05, 3.63) is 35.4 Å². The van der Waals surface area contributed by atoms with E-state index < -0.39 is 12.6 Å². The third-order valence-corrected chi connectivity index (χ3v) is 2.35. The second-order valence-electron chi connectivity index (χ2n) is 3.87. The zero-order valence-corrected chi connectivity index (χ0v) is 9.43. The van der Waals surface area contributed by atoms with Crippen LogP contribution in [0, 0.1) is 0 Å². The van der Waals surface area contributed by atoms with Gasteiger partial charge in [0.2, 0.25) is 0 Å². The molecule has 0 atom stereocenters. The maximum Gasteiger partial charge on any atom is 0.389 e. The minimum absolute atomic E-state index is 0.000703. The molecule has 0 fully saturated rings. The zero-order chi connectivity index (χ0) is 12.7. The minimum Gasteiger partial charge on any atom is -0.392 e. The largest absolute Gasteiger partial charge is 0.392 e. The monoisotopic (exact) mass is 247 g/mol. The highest BCUT2D eigenvalue weighted by atomic mass is 19.4. The summed E-state index contributed by atoms with van der Waals surface area (Å²) in [7, 11) is 0. The Kier molecular flexibility index (Phi) is 5.44. The maximum absolute atomic E-state index is 11.8. The maximum atomic E-state index is 11.8. The van der Waals surface area contributed by atoms with Crippen LogP contribution in [0.25, 0.3) is 0 Å². The van der Waals surface area contributed by atoms with Crippen LogP contribution in [0.5, 0.6) is 0 Å². The predicted molar refractivity (Wildman–Crippen MR) is 59.4 cm³/mol. The normalized spacial score (nSPS) is 11.8. The Morgan fingerprint density at radius 1 is 1.06 bits per heavy atom. The van der Waals surface area contributed by atoms with Gasteiger partial charge in [-0.1, -0.05) is 24.3 Å². The van der Waals surface area contributed by atoms with Crippen molar-refractivity contribution >= 4 is 0 Å². The number of aliphatic hydroxyl groups excluding tert-OH is 1. The SMILES string of the molecule is OCc1ccc(CNCCCC(F)(F)F)cc1. The number of halogens is 3. The van der Waals surface area contributed by atoms with E-state index in [1.807, 2.05) is 12.1 Å². The highest BCUT2D eigenvalue weighted by molar-refractivity contribution is 5.21. The van der Waals surface area contributed by atoms with Gasteiger partial charge in [0, 0.05) is 13.0 Å². The summed E-state index contributed by atoms with van der Waals surface area (Å²) in [6.07, 6.45) is -4.72. The van der Waals surface area contributed by atoms with Gasteiger partial charge >= 0.3 is 6.18 Å². The Hall–Kier alpha value is -1.07. The van der Waals surface area contributed by atoms with Gasteiger partial charge in [-0.05, 0) is 24.1 Å². The molecule has 0 aromatic heterocycles. The second-order valence-corrected chi connectivity index (χ2v) is 3.87. The van der Waals surface area contributed by atoms with Crippen molar-refractivity contribution in [2.24, 2.45) is 0 Å². The molecule has 17 heavy (non-hydrogen) atoms. The van der Waals surface area contributed by atoms with E-state index in [0.29, 0.717) is 13.1 Å². The summed E-state index contributed by atoms with van der Waals surface area (Å²) in [6, 6.07) is 7.30. The zero-order valence-electron chi connectivity index (χ0n) is 9.43. The molecule has 0 saturated carbocycles. The third kappa shape index (κ3) is 6.28. The van der Waals surface area contributed by atoms with Crippen molar-refractivity contribution in [1.82, 2.24) is 5.32 Å². The van der Waals surface area contributed by atoms with E-state index in [0.717, 1.165) is 11.1 Å². The smallest absolute Gasteiger partial charge is 0.389 e. The van der Waals surface area contributed by atoms with Gasteiger partial charge in [0.1, 0.15) is 0 Å². The van der Waals surface area contributed by atoms with E-state index in [9.17, 15) is 13.2 Å². The molecule has 0 aliphatic carbocycles. The molecule has 0 radical (unpaired) electrons. The van der Waals surface area contributed by atoms with E-state index >= 15 is 0 Å². The fraction of sp³-hybridized carbons (Fsp3) is 0.500. The molecule has 0 aliphatic heterocycles. The lowest BCUT2D eigenvalue weighted by molar-refractivity contribution is -0.135. The number of benzene rings is 1. The van der Waals surface area contributed by atoms with Gasteiger partial charge in [0.15, 0.2) is 0 Å². The molecule has 0 saturated heterocycles. The van der Waals surface area contributed by atoms with Crippen LogP contribution >= 0.6 is 0 Å². The van der Waals surface area contributed by atoms with Crippen molar-refractivity contribution < 1.29 is 18.3 Å². The molecule has 0 heterocycles. The van der Waals surface area contributed by atoms with Crippen molar-refractivity contribution in [3.63, 3.8) is 0 Å². The molecule has 1 aromatic carbocycles. The van der Waals surface area contributed by atoms with E-state index in [-0.39, 0.29) is 13.0 Å². The highest BCUT2D eigenvalue weighted by Crippen LogP contribution is 2.20. The summed E-state index contributed by atoms with van der Waals surface area (Å²) in [5.74, 6) is 0. The van der Waals surface area contributed by atoms with Gasteiger partial charge in [0.25, 0.3) is 0 Å². The fourth-order valence-corrected chi connectivity index (χ4v) is 1.41. The molecule has 5 heteroatoms. The summed E-state index contributed by atoms with van der Waals surface area (Å²) in [4.78, 5) is 0. The fourth-order valence-electron chi connectivity index (χ4n) is 1.41. The van der Waals surface area contributed by atoms with Crippen LogP contribution in [0.3, 0.4) is 0 Å². The Labute approximate surface area is 98.5 Å². The molecular formula is C12H16F3NO. The van der Waals surface area contributed by atoms with E-state index in [1.54, 1.807) is 12.1 Å². The molecule has 1 rings (SSSR count). The van der Waals surface area contributed by atoms with Crippen molar-refractivity contribution in [3.8, 4) is 0 Å². The Morgan fingerprint density at radius 2 is 1.65 bits per heavy atom. The summed E-state index contributed by atoms with van der Waals surface area (Å²) < 4.78 is 35.5. The van der Waals surface area contributed by atoms with Crippen LogP contribution in [0.2, 0.25) is 0 Å².